The number of rotatable bonds is 4. The Balaban J connectivity index is 1.78. The fraction of sp³-hybridized carbons (Fsp3) is 0.167. The van der Waals surface area contributed by atoms with Gasteiger partial charge in [0.2, 0.25) is 0 Å². The van der Waals surface area contributed by atoms with E-state index in [0.29, 0.717) is 31.1 Å². The molecule has 0 bridgehead atoms. The summed E-state index contributed by atoms with van der Waals surface area (Å²) < 4.78 is 11.4. The van der Waals surface area contributed by atoms with E-state index in [2.05, 4.69) is 0 Å². The van der Waals surface area contributed by atoms with Crippen molar-refractivity contribution in [3.63, 3.8) is 0 Å². The van der Waals surface area contributed by atoms with Crippen LogP contribution in [0.25, 0.3) is 5.57 Å². The highest BCUT2D eigenvalue weighted by atomic mass is 16.5. The molecule has 0 fully saturated rings. The fourth-order valence-electron chi connectivity index (χ4n) is 2.42. The summed E-state index contributed by atoms with van der Waals surface area (Å²) in [5.41, 5.74) is 2.69. The normalized spacial score (nSPS) is 15.0. The number of carboxylic acid groups (broad SMARTS) is 1. The Hall–Kier alpha value is -2.75. The molecule has 0 aliphatic carbocycles. The van der Waals surface area contributed by atoms with E-state index in [1.807, 2.05) is 48.5 Å². The van der Waals surface area contributed by atoms with Crippen LogP contribution in [-0.2, 0) is 11.4 Å². The first-order chi connectivity index (χ1) is 10.7. The average Bonchev–Trinajstić information content (AvgIpc) is 2.53. The molecule has 0 atom stereocenters. The third kappa shape index (κ3) is 3.28. The Morgan fingerprint density at radius 2 is 2.05 bits per heavy atom. The summed E-state index contributed by atoms with van der Waals surface area (Å²) in [7, 11) is 0. The lowest BCUT2D eigenvalue weighted by Gasteiger charge is -2.20. The second-order valence-corrected chi connectivity index (χ2v) is 5.04. The van der Waals surface area contributed by atoms with E-state index in [1.54, 1.807) is 0 Å². The van der Waals surface area contributed by atoms with Crippen LogP contribution < -0.4 is 9.47 Å². The quantitative estimate of drug-likeness (QED) is 0.877. The summed E-state index contributed by atoms with van der Waals surface area (Å²) in [5, 5.41) is 8.91. The van der Waals surface area contributed by atoms with Gasteiger partial charge in [0.1, 0.15) is 18.1 Å². The van der Waals surface area contributed by atoms with Gasteiger partial charge in [-0.2, -0.15) is 0 Å². The van der Waals surface area contributed by atoms with Crippen LogP contribution >= 0.6 is 0 Å². The van der Waals surface area contributed by atoms with Gasteiger partial charge in [-0.15, -0.1) is 0 Å². The molecule has 0 unspecified atom stereocenters. The Bertz CT molecular complexity index is 704. The number of aliphatic carboxylic acids is 1. The van der Waals surface area contributed by atoms with E-state index in [9.17, 15) is 4.79 Å². The Kier molecular flexibility index (Phi) is 4.10. The zero-order valence-corrected chi connectivity index (χ0v) is 12.0. The number of ether oxygens (including phenoxy) is 2. The van der Waals surface area contributed by atoms with Crippen molar-refractivity contribution in [2.75, 3.05) is 6.61 Å². The van der Waals surface area contributed by atoms with Crippen molar-refractivity contribution in [3.8, 4) is 11.5 Å². The van der Waals surface area contributed by atoms with Crippen molar-refractivity contribution < 1.29 is 19.4 Å². The summed E-state index contributed by atoms with van der Waals surface area (Å²) in [6.07, 6.45) is 1.84. The first-order valence-electron chi connectivity index (χ1n) is 7.10. The van der Waals surface area contributed by atoms with Crippen LogP contribution in [-0.4, -0.2) is 17.7 Å². The minimum atomic E-state index is -0.938. The van der Waals surface area contributed by atoms with E-state index < -0.39 is 5.97 Å². The van der Waals surface area contributed by atoms with E-state index in [0.717, 1.165) is 16.7 Å². The first-order valence-corrected chi connectivity index (χ1v) is 7.10. The molecule has 1 aliphatic rings. The molecule has 0 saturated heterocycles. The van der Waals surface area contributed by atoms with E-state index in [4.69, 9.17) is 14.6 Å². The van der Waals surface area contributed by atoms with Crippen LogP contribution in [0.4, 0.5) is 0 Å². The molecule has 22 heavy (non-hydrogen) atoms. The smallest absolute Gasteiger partial charge is 0.328 e. The van der Waals surface area contributed by atoms with Crippen LogP contribution in [0.2, 0.25) is 0 Å². The minimum Gasteiger partial charge on any atom is -0.492 e. The molecule has 0 saturated carbocycles. The van der Waals surface area contributed by atoms with Crippen molar-refractivity contribution in [1.29, 1.82) is 0 Å². The fourth-order valence-corrected chi connectivity index (χ4v) is 2.42. The van der Waals surface area contributed by atoms with Crippen molar-refractivity contribution in [2.45, 2.75) is 13.0 Å². The first kappa shape index (κ1) is 14.2. The van der Waals surface area contributed by atoms with Crippen LogP contribution in [0, 0.1) is 0 Å². The maximum Gasteiger partial charge on any atom is 0.328 e. The van der Waals surface area contributed by atoms with Crippen LogP contribution in [0.15, 0.2) is 54.6 Å². The van der Waals surface area contributed by atoms with Crippen molar-refractivity contribution >= 4 is 11.5 Å². The Morgan fingerprint density at radius 3 is 2.82 bits per heavy atom. The number of hydrogen-bond donors (Lipinski definition) is 1. The molecule has 4 heteroatoms. The second-order valence-electron chi connectivity index (χ2n) is 5.04. The lowest BCUT2D eigenvalue weighted by molar-refractivity contribution is -0.131. The monoisotopic (exact) mass is 296 g/mol. The van der Waals surface area contributed by atoms with Gasteiger partial charge in [0.05, 0.1) is 6.61 Å². The zero-order valence-electron chi connectivity index (χ0n) is 12.0. The van der Waals surface area contributed by atoms with Gasteiger partial charge >= 0.3 is 5.97 Å². The molecule has 2 aromatic carbocycles. The number of benzene rings is 2. The lowest BCUT2D eigenvalue weighted by atomic mass is 9.99. The molecule has 3 rings (SSSR count). The molecular weight excluding hydrogens is 280 g/mol. The molecule has 1 heterocycles. The lowest BCUT2D eigenvalue weighted by Crippen LogP contribution is -2.09. The predicted octanol–water partition coefficient (Wildman–Crippen LogP) is 3.52. The highest BCUT2D eigenvalue weighted by Crippen LogP contribution is 2.35. The number of carboxylic acids is 1. The molecule has 2 aromatic rings. The van der Waals surface area contributed by atoms with Crippen LogP contribution in [0.1, 0.15) is 17.5 Å². The number of carbonyl (C=O) groups is 1. The SMILES string of the molecule is O=C(O)/C=C1\CCOc2cc(OCc3ccccc3)ccc21. The Morgan fingerprint density at radius 1 is 1.23 bits per heavy atom. The summed E-state index contributed by atoms with van der Waals surface area (Å²) >= 11 is 0. The van der Waals surface area contributed by atoms with E-state index in [1.165, 1.54) is 6.08 Å². The van der Waals surface area contributed by atoms with E-state index in [-0.39, 0.29) is 0 Å². The molecule has 0 amide bonds. The predicted molar refractivity (Wildman–Crippen MR) is 82.9 cm³/mol. The maximum atomic E-state index is 10.9. The van der Waals surface area contributed by atoms with Gasteiger partial charge in [-0.05, 0) is 23.3 Å². The van der Waals surface area contributed by atoms with Gasteiger partial charge in [0, 0.05) is 24.1 Å². The van der Waals surface area contributed by atoms with Gasteiger partial charge in [0.15, 0.2) is 0 Å². The molecule has 0 spiro atoms. The average molecular weight is 296 g/mol. The van der Waals surface area contributed by atoms with Gasteiger partial charge in [-0.1, -0.05) is 30.3 Å². The maximum absolute atomic E-state index is 10.9. The summed E-state index contributed by atoms with van der Waals surface area (Å²) in [6.45, 7) is 0.964. The number of hydrogen-bond acceptors (Lipinski definition) is 3. The van der Waals surface area contributed by atoms with Gasteiger partial charge in [-0.25, -0.2) is 4.79 Å². The molecule has 1 aliphatic heterocycles. The molecule has 0 radical (unpaired) electrons. The summed E-state index contributed by atoms with van der Waals surface area (Å²) in [6, 6.07) is 15.4. The van der Waals surface area contributed by atoms with Crippen molar-refractivity contribution in [2.24, 2.45) is 0 Å². The standard InChI is InChI=1S/C18H16O4/c19-18(20)10-14-8-9-21-17-11-15(6-7-16(14)17)22-12-13-4-2-1-3-5-13/h1-7,10-11H,8-9,12H2,(H,19,20)/b14-10+. The molecule has 4 nitrogen and oxygen atoms in total. The third-order valence-electron chi connectivity index (χ3n) is 3.47. The van der Waals surface area contributed by atoms with E-state index >= 15 is 0 Å². The third-order valence-corrected chi connectivity index (χ3v) is 3.47. The molecule has 0 aromatic heterocycles. The van der Waals surface area contributed by atoms with Crippen LogP contribution in [0.3, 0.4) is 0 Å². The van der Waals surface area contributed by atoms with Gasteiger partial charge in [0.25, 0.3) is 0 Å². The summed E-state index contributed by atoms with van der Waals surface area (Å²) in [5.74, 6) is 0.441. The van der Waals surface area contributed by atoms with Gasteiger partial charge in [-0.3, -0.25) is 0 Å². The van der Waals surface area contributed by atoms with Crippen LogP contribution in [0.5, 0.6) is 11.5 Å². The van der Waals surface area contributed by atoms with Crippen molar-refractivity contribution in [3.05, 3.63) is 65.7 Å². The highest BCUT2D eigenvalue weighted by Gasteiger charge is 2.17. The Labute approximate surface area is 128 Å². The largest absolute Gasteiger partial charge is 0.492 e. The number of fused-ring (bicyclic) bond motifs is 1. The second kappa shape index (κ2) is 6.35. The highest BCUT2D eigenvalue weighted by molar-refractivity contribution is 5.91. The minimum absolute atomic E-state index is 0.480. The van der Waals surface area contributed by atoms with Crippen molar-refractivity contribution in [1.82, 2.24) is 0 Å². The molecule has 112 valence electrons. The topological polar surface area (TPSA) is 55.8 Å². The zero-order chi connectivity index (χ0) is 15.4. The summed E-state index contributed by atoms with van der Waals surface area (Å²) in [4.78, 5) is 10.9. The van der Waals surface area contributed by atoms with Gasteiger partial charge < -0.3 is 14.6 Å². The molecule has 1 N–H and O–H groups in total. The molecular formula is C18H16O4.